The maximum atomic E-state index is 10.8. The van der Waals surface area contributed by atoms with Gasteiger partial charge in [0.25, 0.3) is 0 Å². The van der Waals surface area contributed by atoms with Gasteiger partial charge in [0.1, 0.15) is 17.2 Å². The van der Waals surface area contributed by atoms with Crippen LogP contribution in [-0.2, 0) is 0 Å². The van der Waals surface area contributed by atoms with Crippen molar-refractivity contribution in [2.24, 2.45) is 0 Å². The Hall–Kier alpha value is -2.20. The third kappa shape index (κ3) is 3.17. The molecule has 0 fully saturated rings. The van der Waals surface area contributed by atoms with E-state index in [1.54, 1.807) is 31.4 Å². The number of benzene rings is 2. The molecule has 4 nitrogen and oxygen atoms in total. The summed E-state index contributed by atoms with van der Waals surface area (Å²) in [6.45, 7) is 0. The van der Waals surface area contributed by atoms with Crippen LogP contribution in [0.2, 0.25) is 5.02 Å². The molecule has 0 saturated heterocycles. The number of hydrogen-bond donors (Lipinski definition) is 1. The van der Waals surface area contributed by atoms with Crippen LogP contribution in [0.5, 0.6) is 17.2 Å². The standard InChI is InChI=1S/C14H11ClO4/c1-18-10-3-2-4-11(8-10)19-13-6-5-9(14(16)17)7-12(13)15/h2-8H,1H3,(H,16,17). The van der Waals surface area contributed by atoms with E-state index in [0.717, 1.165) is 0 Å². The van der Waals surface area contributed by atoms with Crippen molar-refractivity contribution in [2.75, 3.05) is 7.11 Å². The zero-order valence-corrected chi connectivity index (χ0v) is 10.8. The van der Waals surface area contributed by atoms with Crippen molar-refractivity contribution in [3.05, 3.63) is 53.1 Å². The molecule has 0 saturated carbocycles. The van der Waals surface area contributed by atoms with Crippen LogP contribution in [-0.4, -0.2) is 18.2 Å². The molecule has 0 amide bonds. The van der Waals surface area contributed by atoms with Gasteiger partial charge in [-0.05, 0) is 30.3 Å². The van der Waals surface area contributed by atoms with Crippen LogP contribution in [0.3, 0.4) is 0 Å². The zero-order valence-electron chi connectivity index (χ0n) is 10.1. The molecule has 2 aromatic carbocycles. The van der Waals surface area contributed by atoms with E-state index < -0.39 is 5.97 Å². The van der Waals surface area contributed by atoms with Crippen LogP contribution < -0.4 is 9.47 Å². The molecule has 19 heavy (non-hydrogen) atoms. The molecule has 0 aliphatic rings. The van der Waals surface area contributed by atoms with Crippen LogP contribution in [0.25, 0.3) is 0 Å². The van der Waals surface area contributed by atoms with Crippen LogP contribution in [0.1, 0.15) is 10.4 Å². The Bertz CT molecular complexity index is 610. The van der Waals surface area contributed by atoms with Gasteiger partial charge in [-0.25, -0.2) is 4.79 Å². The number of rotatable bonds is 4. The molecule has 0 unspecified atom stereocenters. The largest absolute Gasteiger partial charge is 0.497 e. The van der Waals surface area contributed by atoms with Gasteiger partial charge < -0.3 is 14.6 Å². The second-order valence-electron chi connectivity index (χ2n) is 3.73. The summed E-state index contributed by atoms with van der Waals surface area (Å²) >= 11 is 5.98. The Morgan fingerprint density at radius 1 is 1.16 bits per heavy atom. The van der Waals surface area contributed by atoms with Gasteiger partial charge in [-0.1, -0.05) is 17.7 Å². The van der Waals surface area contributed by atoms with E-state index in [4.69, 9.17) is 26.2 Å². The van der Waals surface area contributed by atoms with Crippen LogP contribution in [0.4, 0.5) is 0 Å². The lowest BCUT2D eigenvalue weighted by Gasteiger charge is -2.09. The van der Waals surface area contributed by atoms with Crippen molar-refractivity contribution in [1.29, 1.82) is 0 Å². The van der Waals surface area contributed by atoms with E-state index >= 15 is 0 Å². The number of aromatic carboxylic acids is 1. The molecule has 0 aliphatic carbocycles. The number of carboxylic acid groups (broad SMARTS) is 1. The molecule has 0 bridgehead atoms. The predicted molar refractivity (Wildman–Crippen MR) is 71.5 cm³/mol. The molecule has 0 radical (unpaired) electrons. The van der Waals surface area contributed by atoms with Crippen LogP contribution >= 0.6 is 11.6 Å². The molecule has 0 aliphatic heterocycles. The number of methoxy groups -OCH3 is 1. The molecular weight excluding hydrogens is 268 g/mol. The maximum Gasteiger partial charge on any atom is 0.335 e. The Labute approximate surface area is 115 Å². The normalized spacial score (nSPS) is 10.0. The maximum absolute atomic E-state index is 10.8. The summed E-state index contributed by atoms with van der Waals surface area (Å²) in [5.74, 6) is 0.579. The zero-order chi connectivity index (χ0) is 13.8. The first-order valence-corrected chi connectivity index (χ1v) is 5.82. The van der Waals surface area contributed by atoms with Crippen LogP contribution in [0.15, 0.2) is 42.5 Å². The lowest BCUT2D eigenvalue weighted by atomic mass is 10.2. The van der Waals surface area contributed by atoms with Gasteiger partial charge in [0.15, 0.2) is 0 Å². The molecule has 98 valence electrons. The lowest BCUT2D eigenvalue weighted by Crippen LogP contribution is -1.96. The smallest absolute Gasteiger partial charge is 0.335 e. The Balaban J connectivity index is 2.25. The molecule has 0 aromatic heterocycles. The second kappa shape index (κ2) is 5.63. The Morgan fingerprint density at radius 2 is 1.89 bits per heavy atom. The van der Waals surface area contributed by atoms with E-state index in [1.807, 2.05) is 0 Å². The van der Waals surface area contributed by atoms with Crippen molar-refractivity contribution in [3.8, 4) is 17.2 Å². The highest BCUT2D eigenvalue weighted by Gasteiger charge is 2.09. The molecular formula is C14H11ClO4. The third-order valence-electron chi connectivity index (χ3n) is 2.45. The molecule has 5 heteroatoms. The highest BCUT2D eigenvalue weighted by atomic mass is 35.5. The number of halogens is 1. The molecule has 2 rings (SSSR count). The van der Waals surface area contributed by atoms with Gasteiger partial charge in [-0.2, -0.15) is 0 Å². The Kier molecular flexibility index (Phi) is 3.92. The molecule has 0 heterocycles. The number of carbonyl (C=O) groups is 1. The Morgan fingerprint density at radius 3 is 2.53 bits per heavy atom. The summed E-state index contributed by atoms with van der Waals surface area (Å²) in [6.07, 6.45) is 0. The predicted octanol–water partition coefficient (Wildman–Crippen LogP) is 3.84. The highest BCUT2D eigenvalue weighted by Crippen LogP contribution is 2.31. The van der Waals surface area contributed by atoms with Gasteiger partial charge in [0, 0.05) is 6.07 Å². The molecule has 2 aromatic rings. The monoisotopic (exact) mass is 278 g/mol. The fourth-order valence-corrected chi connectivity index (χ4v) is 1.73. The van der Waals surface area contributed by atoms with Crippen molar-refractivity contribution in [1.82, 2.24) is 0 Å². The van der Waals surface area contributed by atoms with E-state index in [2.05, 4.69) is 0 Å². The summed E-state index contributed by atoms with van der Waals surface area (Å²) < 4.78 is 10.7. The first-order chi connectivity index (χ1) is 9.10. The SMILES string of the molecule is COc1cccc(Oc2ccc(C(=O)O)cc2Cl)c1. The van der Waals surface area contributed by atoms with Crippen molar-refractivity contribution < 1.29 is 19.4 Å². The summed E-state index contributed by atoms with van der Waals surface area (Å²) in [6, 6.07) is 11.3. The lowest BCUT2D eigenvalue weighted by molar-refractivity contribution is 0.0697. The molecule has 0 atom stereocenters. The van der Waals surface area contributed by atoms with Gasteiger partial charge in [0.2, 0.25) is 0 Å². The summed E-state index contributed by atoms with van der Waals surface area (Å²) in [5, 5.41) is 9.08. The minimum absolute atomic E-state index is 0.114. The van der Waals surface area contributed by atoms with Gasteiger partial charge in [-0.15, -0.1) is 0 Å². The van der Waals surface area contributed by atoms with Crippen molar-refractivity contribution in [3.63, 3.8) is 0 Å². The van der Waals surface area contributed by atoms with Crippen LogP contribution in [0, 0.1) is 0 Å². The van der Waals surface area contributed by atoms with E-state index in [0.29, 0.717) is 17.2 Å². The average Bonchev–Trinajstić information content (AvgIpc) is 2.41. The second-order valence-corrected chi connectivity index (χ2v) is 4.14. The highest BCUT2D eigenvalue weighted by molar-refractivity contribution is 6.32. The summed E-state index contributed by atoms with van der Waals surface area (Å²) in [4.78, 5) is 10.8. The molecule has 0 spiro atoms. The third-order valence-corrected chi connectivity index (χ3v) is 2.74. The molecule has 1 N–H and O–H groups in total. The summed E-state index contributed by atoms with van der Waals surface area (Å²) in [5.41, 5.74) is 0.114. The number of carboxylic acids is 1. The quantitative estimate of drug-likeness (QED) is 0.923. The topological polar surface area (TPSA) is 55.8 Å². The first-order valence-electron chi connectivity index (χ1n) is 5.45. The van der Waals surface area contributed by atoms with Gasteiger partial charge >= 0.3 is 5.97 Å². The fourth-order valence-electron chi connectivity index (χ4n) is 1.51. The first kappa shape index (κ1) is 13.2. The average molecular weight is 279 g/mol. The minimum atomic E-state index is -1.03. The number of hydrogen-bond acceptors (Lipinski definition) is 3. The summed E-state index contributed by atoms with van der Waals surface area (Å²) in [7, 11) is 1.56. The fraction of sp³-hybridized carbons (Fsp3) is 0.0714. The van der Waals surface area contributed by atoms with E-state index in [-0.39, 0.29) is 10.6 Å². The minimum Gasteiger partial charge on any atom is -0.497 e. The van der Waals surface area contributed by atoms with E-state index in [1.165, 1.54) is 18.2 Å². The van der Waals surface area contributed by atoms with Gasteiger partial charge in [-0.3, -0.25) is 0 Å². The van der Waals surface area contributed by atoms with Crippen molar-refractivity contribution in [2.45, 2.75) is 0 Å². The number of ether oxygens (including phenoxy) is 2. The van der Waals surface area contributed by atoms with Crippen molar-refractivity contribution >= 4 is 17.6 Å². The van der Waals surface area contributed by atoms with E-state index in [9.17, 15) is 4.79 Å². The van der Waals surface area contributed by atoms with Gasteiger partial charge in [0.05, 0.1) is 17.7 Å².